The van der Waals surface area contributed by atoms with Crippen LogP contribution in [0.15, 0.2) is 36.4 Å². The third kappa shape index (κ3) is 4.99. The van der Waals surface area contributed by atoms with Crippen molar-refractivity contribution in [2.75, 3.05) is 13.2 Å². The average molecular weight is 436 g/mol. The van der Waals surface area contributed by atoms with Gasteiger partial charge in [-0.25, -0.2) is 4.79 Å². The van der Waals surface area contributed by atoms with Crippen molar-refractivity contribution in [2.24, 2.45) is 0 Å². The van der Waals surface area contributed by atoms with Crippen LogP contribution < -0.4 is 9.47 Å². The second-order valence-electron chi connectivity index (χ2n) is 5.87. The zero-order valence-electron chi connectivity index (χ0n) is 15.9. The fraction of sp³-hybridized carbons (Fsp3) is 0.250. The minimum Gasteiger partial charge on any atom is -0.490 e. The molecule has 9 heteroatoms. The maximum atomic E-state index is 12.1. The molecule has 0 aliphatic rings. The molecule has 0 saturated heterocycles. The molecular formula is C20H19Cl2N3O4. The van der Waals surface area contributed by atoms with Gasteiger partial charge in [0.05, 0.1) is 23.3 Å². The predicted molar refractivity (Wildman–Crippen MR) is 110 cm³/mol. The third-order valence-electron chi connectivity index (χ3n) is 3.91. The van der Waals surface area contributed by atoms with Crippen molar-refractivity contribution < 1.29 is 19.0 Å². The topological polar surface area (TPSA) is 86.3 Å². The first-order valence-corrected chi connectivity index (χ1v) is 9.70. The van der Waals surface area contributed by atoms with Crippen molar-refractivity contribution in [2.45, 2.75) is 20.5 Å². The van der Waals surface area contributed by atoms with Crippen LogP contribution in [0.4, 0.5) is 0 Å². The van der Waals surface area contributed by atoms with Gasteiger partial charge in [-0.15, -0.1) is 5.10 Å². The fourth-order valence-electron chi connectivity index (χ4n) is 2.61. The van der Waals surface area contributed by atoms with E-state index in [2.05, 4.69) is 15.4 Å². The third-order valence-corrected chi connectivity index (χ3v) is 4.65. The molecule has 0 atom stereocenters. The summed E-state index contributed by atoms with van der Waals surface area (Å²) in [5, 5.41) is 11.4. The van der Waals surface area contributed by atoms with Gasteiger partial charge in [0.25, 0.3) is 0 Å². The minimum atomic E-state index is -0.547. The minimum absolute atomic E-state index is 0.110. The zero-order valence-corrected chi connectivity index (χ0v) is 17.4. The summed E-state index contributed by atoms with van der Waals surface area (Å²) in [6.07, 6.45) is 0. The zero-order chi connectivity index (χ0) is 20.8. The molecule has 0 saturated carbocycles. The maximum Gasteiger partial charge on any atom is 0.361 e. The number of nitrogens with zero attached hydrogens (tertiary/aromatic N) is 2. The Morgan fingerprint density at radius 1 is 0.966 bits per heavy atom. The Balaban J connectivity index is 1.85. The first-order chi connectivity index (χ1) is 14.0. The molecule has 29 heavy (non-hydrogen) atoms. The second kappa shape index (κ2) is 9.62. The van der Waals surface area contributed by atoms with E-state index in [1.807, 2.05) is 13.0 Å². The number of nitrogens with one attached hydrogen (secondary N) is 1. The van der Waals surface area contributed by atoms with Crippen molar-refractivity contribution >= 4 is 29.2 Å². The van der Waals surface area contributed by atoms with Crippen molar-refractivity contribution in [1.82, 2.24) is 15.4 Å². The molecule has 1 aromatic heterocycles. The Kier molecular flexibility index (Phi) is 6.95. The van der Waals surface area contributed by atoms with Crippen molar-refractivity contribution in [3.05, 3.63) is 57.7 Å². The van der Waals surface area contributed by atoms with Crippen LogP contribution >= 0.6 is 23.2 Å². The molecule has 0 aliphatic carbocycles. The molecular weight excluding hydrogens is 417 g/mol. The highest BCUT2D eigenvalue weighted by atomic mass is 35.5. The van der Waals surface area contributed by atoms with Crippen LogP contribution in [0.2, 0.25) is 10.0 Å². The van der Waals surface area contributed by atoms with Crippen LogP contribution in [0.25, 0.3) is 11.3 Å². The van der Waals surface area contributed by atoms with Crippen LogP contribution in [-0.2, 0) is 11.3 Å². The van der Waals surface area contributed by atoms with Gasteiger partial charge in [-0.3, -0.25) is 0 Å². The van der Waals surface area contributed by atoms with Gasteiger partial charge in [-0.2, -0.15) is 10.3 Å². The highest BCUT2D eigenvalue weighted by Gasteiger charge is 2.20. The van der Waals surface area contributed by atoms with E-state index in [9.17, 15) is 4.79 Å². The molecule has 152 valence electrons. The number of halogens is 2. The Bertz CT molecular complexity index is 1010. The number of hydrogen-bond donors (Lipinski definition) is 1. The highest BCUT2D eigenvalue weighted by molar-refractivity contribution is 6.42. The number of carbonyl (C=O) groups is 1. The quantitative estimate of drug-likeness (QED) is 0.504. The van der Waals surface area contributed by atoms with Gasteiger partial charge >= 0.3 is 5.97 Å². The summed E-state index contributed by atoms with van der Waals surface area (Å²) in [6, 6.07) is 10.6. The number of hydrogen-bond acceptors (Lipinski definition) is 6. The first kappa shape index (κ1) is 21.0. The van der Waals surface area contributed by atoms with E-state index in [0.717, 1.165) is 5.56 Å². The summed E-state index contributed by atoms with van der Waals surface area (Å²) in [5.41, 5.74) is 2.00. The molecule has 3 aromatic rings. The van der Waals surface area contributed by atoms with Crippen molar-refractivity contribution in [3.63, 3.8) is 0 Å². The Morgan fingerprint density at radius 3 is 2.52 bits per heavy atom. The average Bonchev–Trinajstić information content (AvgIpc) is 3.20. The molecule has 0 unspecified atom stereocenters. The largest absolute Gasteiger partial charge is 0.490 e. The molecule has 0 bridgehead atoms. The number of ether oxygens (including phenoxy) is 3. The summed E-state index contributed by atoms with van der Waals surface area (Å²) in [5.74, 6) is 0.514. The van der Waals surface area contributed by atoms with Crippen LogP contribution in [0.1, 0.15) is 29.9 Å². The number of esters is 1. The van der Waals surface area contributed by atoms with Gasteiger partial charge < -0.3 is 14.2 Å². The number of H-pyrrole nitrogens is 1. The van der Waals surface area contributed by atoms with Crippen molar-refractivity contribution in [1.29, 1.82) is 0 Å². The van der Waals surface area contributed by atoms with Crippen LogP contribution in [-0.4, -0.2) is 34.6 Å². The standard InChI is InChI=1S/C20H19Cl2N3O4/c1-3-27-17-10-13(18-19(24-25-23-18)20(26)28-4-2)6-8-16(17)29-11-12-5-7-14(21)15(22)9-12/h5-10H,3-4,11H2,1-2H3,(H,23,24,25). The Hall–Kier alpha value is -2.77. The number of carbonyl (C=O) groups excluding carboxylic acids is 1. The SMILES string of the molecule is CCOC(=O)c1n[nH]nc1-c1ccc(OCc2ccc(Cl)c(Cl)c2)c(OCC)c1. The molecule has 0 amide bonds. The molecule has 2 aromatic carbocycles. The van der Waals surface area contributed by atoms with E-state index in [0.29, 0.717) is 39.4 Å². The smallest absolute Gasteiger partial charge is 0.361 e. The van der Waals surface area contributed by atoms with E-state index < -0.39 is 5.97 Å². The van der Waals surface area contributed by atoms with E-state index in [1.54, 1.807) is 37.3 Å². The van der Waals surface area contributed by atoms with E-state index in [-0.39, 0.29) is 18.9 Å². The molecule has 0 fully saturated rings. The Morgan fingerprint density at radius 2 is 1.79 bits per heavy atom. The van der Waals surface area contributed by atoms with E-state index >= 15 is 0 Å². The van der Waals surface area contributed by atoms with E-state index in [4.69, 9.17) is 37.4 Å². The van der Waals surface area contributed by atoms with Gasteiger partial charge in [-0.1, -0.05) is 29.3 Å². The fourth-order valence-corrected chi connectivity index (χ4v) is 2.93. The normalized spacial score (nSPS) is 10.6. The lowest BCUT2D eigenvalue weighted by molar-refractivity contribution is 0.0520. The lowest BCUT2D eigenvalue weighted by Crippen LogP contribution is -2.07. The summed E-state index contributed by atoms with van der Waals surface area (Å²) < 4.78 is 16.6. The predicted octanol–water partition coefficient (Wildman–Crippen LogP) is 4.93. The van der Waals surface area contributed by atoms with Crippen LogP contribution in [0, 0.1) is 0 Å². The van der Waals surface area contributed by atoms with E-state index in [1.165, 1.54) is 0 Å². The highest BCUT2D eigenvalue weighted by Crippen LogP contribution is 2.34. The van der Waals surface area contributed by atoms with Gasteiger partial charge in [0.1, 0.15) is 12.3 Å². The molecule has 3 rings (SSSR count). The second-order valence-corrected chi connectivity index (χ2v) is 6.69. The number of rotatable bonds is 8. The molecule has 7 nitrogen and oxygen atoms in total. The maximum absolute atomic E-state index is 12.1. The molecule has 0 aliphatic heterocycles. The van der Waals surface area contributed by atoms with Gasteiger partial charge in [0.2, 0.25) is 0 Å². The van der Waals surface area contributed by atoms with Crippen LogP contribution in [0.3, 0.4) is 0 Å². The lowest BCUT2D eigenvalue weighted by atomic mass is 10.1. The monoisotopic (exact) mass is 435 g/mol. The summed E-state index contributed by atoms with van der Waals surface area (Å²) in [4.78, 5) is 12.1. The van der Waals surface area contributed by atoms with Gasteiger partial charge in [0.15, 0.2) is 17.2 Å². The molecule has 1 N–H and O–H groups in total. The number of aromatic amines is 1. The number of aromatic nitrogens is 3. The van der Waals surface area contributed by atoms with Gasteiger partial charge in [-0.05, 0) is 49.7 Å². The molecule has 0 radical (unpaired) electrons. The lowest BCUT2D eigenvalue weighted by Gasteiger charge is -2.13. The van der Waals surface area contributed by atoms with Crippen LogP contribution in [0.5, 0.6) is 11.5 Å². The Labute approximate surface area is 177 Å². The summed E-state index contributed by atoms with van der Waals surface area (Å²) in [6.45, 7) is 4.57. The molecule has 1 heterocycles. The number of benzene rings is 2. The summed E-state index contributed by atoms with van der Waals surface area (Å²) in [7, 11) is 0. The first-order valence-electron chi connectivity index (χ1n) is 8.95. The molecule has 0 spiro atoms. The van der Waals surface area contributed by atoms with Crippen molar-refractivity contribution in [3.8, 4) is 22.8 Å². The van der Waals surface area contributed by atoms with Gasteiger partial charge in [0, 0.05) is 5.56 Å². The summed E-state index contributed by atoms with van der Waals surface area (Å²) >= 11 is 12.0.